The van der Waals surface area contributed by atoms with Gasteiger partial charge in [0.05, 0.1) is 18.1 Å². The van der Waals surface area contributed by atoms with Crippen molar-refractivity contribution in [3.63, 3.8) is 0 Å². The number of benzene rings is 1. The van der Waals surface area contributed by atoms with Crippen LogP contribution >= 0.6 is 0 Å². The number of nitro groups is 1. The van der Waals surface area contributed by atoms with E-state index >= 15 is 0 Å². The lowest BCUT2D eigenvalue weighted by molar-refractivity contribution is -0.385. The number of nitrogens with two attached hydrogens (primary N) is 3. The largest absolute Gasteiger partial charge is 0.502 e. The van der Waals surface area contributed by atoms with E-state index in [0.717, 1.165) is 19.1 Å². The number of amides is 7. The van der Waals surface area contributed by atoms with E-state index in [0.29, 0.717) is 31.5 Å². The second-order valence-electron chi connectivity index (χ2n) is 12.9. The Morgan fingerprint density at radius 3 is 1.96 bits per heavy atom. The highest BCUT2D eigenvalue weighted by Crippen LogP contribution is 2.27. The summed E-state index contributed by atoms with van der Waals surface area (Å²) in [5, 5.41) is 45.6. The minimum atomic E-state index is -1.51. The molecule has 0 unspecified atom stereocenters. The Morgan fingerprint density at radius 1 is 0.772 bits per heavy atom. The standard InChI is InChI=1S/C35H51N11O11/c1-20(48)41-27(19-47)35(55)44-24(8-2-4-12-36)32(52)40-18-30(50)42-26(17-22-7-3-5-14-39-22)34(54)45-25(33(53)43-23(31(38)51)9-6-13-37)15-21-10-11-29(49)28(16-21)46(56)57/h3,5,7,10-11,14,16,23-27,47,49H,2,4,6,8-9,12-13,15,17-19,36-37H2,1H3,(H2,38,51)(H,40,52)(H,41,48)(H,42,50)(H,43,53)(H,44,55)(H,45,54)/t23-,24-,25-,26-,27-/m0/s1. The number of aromatic hydroxyl groups is 1. The third-order valence-electron chi connectivity index (χ3n) is 8.34. The van der Waals surface area contributed by atoms with Crippen LogP contribution in [0.4, 0.5) is 5.69 Å². The van der Waals surface area contributed by atoms with Crippen LogP contribution in [0.25, 0.3) is 0 Å². The van der Waals surface area contributed by atoms with Gasteiger partial charge in [-0.25, -0.2) is 0 Å². The van der Waals surface area contributed by atoms with Gasteiger partial charge in [0.2, 0.25) is 41.4 Å². The first-order valence-electron chi connectivity index (χ1n) is 18.0. The predicted octanol–water partition coefficient (Wildman–Crippen LogP) is -3.61. The number of phenolic OH excluding ortho intramolecular Hbond substituents is 1. The summed E-state index contributed by atoms with van der Waals surface area (Å²) < 4.78 is 0. The molecule has 0 aliphatic carbocycles. The number of aliphatic hydroxyl groups is 1. The second kappa shape index (κ2) is 24.3. The number of carbonyl (C=O) groups is 7. The lowest BCUT2D eigenvalue weighted by atomic mass is 10.0. The zero-order valence-corrected chi connectivity index (χ0v) is 31.4. The van der Waals surface area contributed by atoms with E-state index < -0.39 is 101 Å². The molecule has 7 amide bonds. The van der Waals surface area contributed by atoms with Crippen LogP contribution < -0.4 is 49.1 Å². The van der Waals surface area contributed by atoms with Crippen molar-refractivity contribution in [2.24, 2.45) is 17.2 Å². The molecule has 57 heavy (non-hydrogen) atoms. The van der Waals surface area contributed by atoms with E-state index in [1.807, 2.05) is 0 Å². The Morgan fingerprint density at radius 2 is 1.39 bits per heavy atom. The molecule has 2 aromatic rings. The third-order valence-corrected chi connectivity index (χ3v) is 8.34. The minimum absolute atomic E-state index is 0.0713. The zero-order valence-electron chi connectivity index (χ0n) is 31.4. The molecule has 0 aliphatic heterocycles. The van der Waals surface area contributed by atoms with Crippen molar-refractivity contribution in [2.45, 2.75) is 82.1 Å². The van der Waals surface area contributed by atoms with Gasteiger partial charge in [-0.15, -0.1) is 0 Å². The van der Waals surface area contributed by atoms with Crippen molar-refractivity contribution >= 4 is 47.0 Å². The maximum absolute atomic E-state index is 13.9. The lowest BCUT2D eigenvalue weighted by Gasteiger charge is -2.25. The zero-order chi connectivity index (χ0) is 42.5. The third kappa shape index (κ3) is 16.6. The highest BCUT2D eigenvalue weighted by atomic mass is 16.6. The van der Waals surface area contributed by atoms with Crippen molar-refractivity contribution in [3.05, 3.63) is 64.0 Å². The van der Waals surface area contributed by atoms with Crippen molar-refractivity contribution in [1.82, 2.24) is 36.9 Å². The molecule has 0 radical (unpaired) electrons. The van der Waals surface area contributed by atoms with Crippen LogP contribution in [0.2, 0.25) is 0 Å². The molecule has 2 rings (SSSR count). The van der Waals surface area contributed by atoms with Gasteiger partial charge in [-0.2, -0.15) is 0 Å². The highest BCUT2D eigenvalue weighted by Gasteiger charge is 2.31. The van der Waals surface area contributed by atoms with Gasteiger partial charge >= 0.3 is 5.69 Å². The fraction of sp³-hybridized carbons (Fsp3) is 0.486. The highest BCUT2D eigenvalue weighted by molar-refractivity contribution is 5.96. The summed E-state index contributed by atoms with van der Waals surface area (Å²) >= 11 is 0. The Balaban J connectivity index is 2.35. The number of nitrogens with zero attached hydrogens (tertiary/aromatic N) is 2. The van der Waals surface area contributed by atoms with E-state index in [-0.39, 0.29) is 37.8 Å². The van der Waals surface area contributed by atoms with Gasteiger partial charge in [0.15, 0.2) is 5.75 Å². The van der Waals surface area contributed by atoms with Gasteiger partial charge < -0.3 is 59.3 Å². The van der Waals surface area contributed by atoms with Gasteiger partial charge in [0, 0.05) is 37.7 Å². The SMILES string of the molecule is CC(=O)N[C@@H](CO)C(=O)N[C@@H](CCCCN)C(=O)NCC(=O)N[C@@H](Cc1ccccn1)C(=O)N[C@@H](Cc1ccc(O)c([N+](=O)[O-])c1)C(=O)N[C@@H](CCCN)C(N)=O. The number of hydrogen-bond donors (Lipinski definition) is 11. The summed E-state index contributed by atoms with van der Waals surface area (Å²) in [6.45, 7) is 0.184. The molecule has 0 bridgehead atoms. The fourth-order valence-corrected chi connectivity index (χ4v) is 5.39. The summed E-state index contributed by atoms with van der Waals surface area (Å²) in [7, 11) is 0. The average molecular weight is 802 g/mol. The van der Waals surface area contributed by atoms with Crippen molar-refractivity contribution in [1.29, 1.82) is 0 Å². The molecule has 1 heterocycles. The molecular formula is C35H51N11O11. The van der Waals surface area contributed by atoms with Crippen LogP contribution in [-0.2, 0) is 46.4 Å². The minimum Gasteiger partial charge on any atom is -0.502 e. The molecule has 312 valence electrons. The smallest absolute Gasteiger partial charge is 0.310 e. The summed E-state index contributed by atoms with van der Waals surface area (Å²) in [4.78, 5) is 105. The molecule has 0 saturated heterocycles. The van der Waals surface area contributed by atoms with Crippen LogP contribution in [0.15, 0.2) is 42.6 Å². The van der Waals surface area contributed by atoms with Crippen molar-refractivity contribution in [3.8, 4) is 5.75 Å². The Hall–Kier alpha value is -6.26. The first kappa shape index (κ1) is 46.9. The topological polar surface area (TPSA) is 366 Å². The van der Waals surface area contributed by atoms with Gasteiger partial charge in [-0.3, -0.25) is 48.7 Å². The molecule has 0 aliphatic rings. The first-order valence-corrected chi connectivity index (χ1v) is 18.0. The number of aliphatic hydroxyl groups excluding tert-OH is 1. The van der Waals surface area contributed by atoms with Crippen LogP contribution in [0, 0.1) is 10.1 Å². The van der Waals surface area contributed by atoms with Crippen LogP contribution in [-0.4, -0.2) is 118 Å². The summed E-state index contributed by atoms with van der Waals surface area (Å²) in [6.07, 6.45) is 2.23. The van der Waals surface area contributed by atoms with E-state index in [2.05, 4.69) is 36.9 Å². The Bertz CT molecular complexity index is 1710. The van der Waals surface area contributed by atoms with Crippen LogP contribution in [0.1, 0.15) is 50.3 Å². The molecule has 0 saturated carbocycles. The van der Waals surface area contributed by atoms with Gasteiger partial charge in [0.25, 0.3) is 0 Å². The van der Waals surface area contributed by atoms with Gasteiger partial charge in [-0.1, -0.05) is 12.1 Å². The number of rotatable bonds is 25. The number of phenols is 1. The van der Waals surface area contributed by atoms with Crippen LogP contribution in [0.3, 0.4) is 0 Å². The van der Waals surface area contributed by atoms with E-state index in [9.17, 15) is 53.9 Å². The van der Waals surface area contributed by atoms with E-state index in [1.54, 1.807) is 18.2 Å². The lowest BCUT2D eigenvalue weighted by Crippen LogP contribution is -2.58. The second-order valence-corrected chi connectivity index (χ2v) is 12.9. The number of unbranched alkanes of at least 4 members (excludes halogenated alkanes) is 1. The number of carbonyl (C=O) groups excluding carboxylic acids is 7. The number of nitro benzene ring substituents is 1. The summed E-state index contributed by atoms with van der Waals surface area (Å²) in [6, 6.07) is 1.48. The number of primary amides is 1. The number of aromatic nitrogens is 1. The molecule has 14 N–H and O–H groups in total. The molecule has 22 nitrogen and oxygen atoms in total. The monoisotopic (exact) mass is 801 g/mol. The maximum Gasteiger partial charge on any atom is 0.310 e. The quantitative estimate of drug-likeness (QED) is 0.0263. The molecule has 0 fully saturated rings. The maximum atomic E-state index is 13.9. The molecule has 22 heteroatoms. The molecule has 1 aromatic heterocycles. The molecule has 1 aromatic carbocycles. The Kier molecular flexibility index (Phi) is 20.0. The predicted molar refractivity (Wildman–Crippen MR) is 202 cm³/mol. The van der Waals surface area contributed by atoms with Crippen molar-refractivity contribution in [2.75, 3.05) is 26.2 Å². The summed E-state index contributed by atoms with van der Waals surface area (Å²) in [5.74, 6) is -6.46. The molecule has 5 atom stereocenters. The van der Waals surface area contributed by atoms with Gasteiger partial charge in [0.1, 0.15) is 30.2 Å². The van der Waals surface area contributed by atoms with Crippen molar-refractivity contribution < 1.29 is 48.7 Å². The van der Waals surface area contributed by atoms with Gasteiger partial charge in [-0.05, 0) is 69.0 Å². The normalized spacial score (nSPS) is 13.4. The summed E-state index contributed by atoms with van der Waals surface area (Å²) in [5.41, 5.74) is 16.4. The number of nitrogens with one attached hydrogen (secondary N) is 6. The number of hydrogen-bond acceptors (Lipinski definition) is 14. The average Bonchev–Trinajstić information content (AvgIpc) is 3.17. The molecular weight excluding hydrogens is 750 g/mol. The molecule has 0 spiro atoms. The first-order chi connectivity index (χ1) is 27.1. The van der Waals surface area contributed by atoms with E-state index in [4.69, 9.17) is 17.2 Å². The van der Waals surface area contributed by atoms with E-state index in [1.165, 1.54) is 12.3 Å². The fourth-order valence-electron chi connectivity index (χ4n) is 5.39. The Labute approximate surface area is 327 Å². The van der Waals surface area contributed by atoms with Crippen LogP contribution in [0.5, 0.6) is 5.75 Å². The number of pyridine rings is 1.